The monoisotopic (exact) mass is 281 g/mol. The van der Waals surface area contributed by atoms with Crippen molar-refractivity contribution in [2.24, 2.45) is 5.73 Å². The number of aliphatic hydroxyl groups excluding tert-OH is 1. The summed E-state index contributed by atoms with van der Waals surface area (Å²) in [5.74, 6) is -0.123. The zero-order chi connectivity index (χ0) is 13.1. The second-order valence-electron chi connectivity index (χ2n) is 4.29. The lowest BCUT2D eigenvalue weighted by atomic mass is 9.92. The number of thiophene rings is 1. The number of rotatable bonds is 4. The summed E-state index contributed by atoms with van der Waals surface area (Å²) in [4.78, 5) is 0.800. The molecule has 0 spiro atoms. The van der Waals surface area contributed by atoms with Crippen molar-refractivity contribution in [1.82, 2.24) is 0 Å². The van der Waals surface area contributed by atoms with E-state index in [9.17, 15) is 5.11 Å². The smallest absolute Gasteiger partial charge is 0.0977 e. The molecule has 0 saturated heterocycles. The number of hydrogen-bond acceptors (Lipinski definition) is 3. The van der Waals surface area contributed by atoms with Crippen LogP contribution >= 0.6 is 22.9 Å². The predicted octanol–water partition coefficient (Wildman–Crippen LogP) is 3.49. The highest BCUT2D eigenvalue weighted by Gasteiger charge is 2.25. The summed E-state index contributed by atoms with van der Waals surface area (Å²) in [6.45, 7) is 2.33. The molecule has 1 heterocycles. The quantitative estimate of drug-likeness (QED) is 0.901. The first-order valence-electron chi connectivity index (χ1n) is 5.81. The molecular formula is C14H16ClNOS. The summed E-state index contributed by atoms with van der Waals surface area (Å²) >= 11 is 7.69. The topological polar surface area (TPSA) is 46.2 Å². The van der Waals surface area contributed by atoms with Crippen LogP contribution in [0.15, 0.2) is 35.7 Å². The van der Waals surface area contributed by atoms with Gasteiger partial charge in [0.25, 0.3) is 0 Å². The Bertz CT molecular complexity index is 512. The van der Waals surface area contributed by atoms with E-state index in [1.807, 2.05) is 42.6 Å². The third-order valence-corrected chi connectivity index (χ3v) is 4.84. The number of benzene rings is 1. The van der Waals surface area contributed by atoms with Gasteiger partial charge >= 0.3 is 0 Å². The Labute approximate surface area is 116 Å². The molecule has 0 radical (unpaired) electrons. The zero-order valence-electron chi connectivity index (χ0n) is 10.1. The van der Waals surface area contributed by atoms with Crippen LogP contribution < -0.4 is 5.73 Å². The van der Waals surface area contributed by atoms with E-state index in [0.717, 1.165) is 16.0 Å². The Hall–Kier alpha value is -0.870. The molecule has 0 aliphatic carbocycles. The lowest BCUT2D eigenvalue weighted by Crippen LogP contribution is -2.19. The van der Waals surface area contributed by atoms with Crippen LogP contribution in [-0.2, 0) is 0 Å². The van der Waals surface area contributed by atoms with Crippen LogP contribution in [0.2, 0.25) is 5.02 Å². The van der Waals surface area contributed by atoms with Gasteiger partial charge in [-0.25, -0.2) is 0 Å². The van der Waals surface area contributed by atoms with Gasteiger partial charge in [-0.3, -0.25) is 0 Å². The normalized spacial score (nSPS) is 14.4. The molecule has 18 heavy (non-hydrogen) atoms. The Morgan fingerprint density at radius 2 is 2.00 bits per heavy atom. The number of aryl methyl sites for hydroxylation is 1. The molecule has 3 N–H and O–H groups in total. The molecule has 1 aromatic heterocycles. The minimum absolute atomic E-state index is 0.123. The SMILES string of the molecule is Cc1csc(C(O)C(CN)c2ccccc2)c1Cl. The van der Waals surface area contributed by atoms with E-state index in [2.05, 4.69) is 0 Å². The van der Waals surface area contributed by atoms with Crippen molar-refractivity contribution >= 4 is 22.9 Å². The molecule has 96 valence electrons. The first-order valence-corrected chi connectivity index (χ1v) is 7.07. The standard InChI is InChI=1S/C14H16ClNOS/c1-9-8-18-14(12(9)15)13(17)11(7-16)10-5-3-2-4-6-10/h2-6,8,11,13,17H,7,16H2,1H3. The average Bonchev–Trinajstić information content (AvgIpc) is 2.72. The molecule has 4 heteroatoms. The predicted molar refractivity (Wildman–Crippen MR) is 77.3 cm³/mol. The fourth-order valence-electron chi connectivity index (χ4n) is 1.98. The molecule has 2 nitrogen and oxygen atoms in total. The van der Waals surface area contributed by atoms with Gasteiger partial charge in [-0.15, -0.1) is 11.3 Å². The number of hydrogen-bond donors (Lipinski definition) is 2. The summed E-state index contributed by atoms with van der Waals surface area (Å²) in [6, 6.07) is 9.81. The highest BCUT2D eigenvalue weighted by molar-refractivity contribution is 7.10. The fraction of sp³-hybridized carbons (Fsp3) is 0.286. The van der Waals surface area contributed by atoms with E-state index in [1.165, 1.54) is 11.3 Å². The maximum atomic E-state index is 10.5. The van der Waals surface area contributed by atoms with Gasteiger partial charge in [-0.05, 0) is 23.4 Å². The van der Waals surface area contributed by atoms with Gasteiger partial charge in [0.2, 0.25) is 0 Å². The lowest BCUT2D eigenvalue weighted by molar-refractivity contribution is 0.151. The van der Waals surface area contributed by atoms with Crippen molar-refractivity contribution in [3.05, 3.63) is 56.7 Å². The first-order chi connectivity index (χ1) is 8.65. The van der Waals surface area contributed by atoms with Gasteiger partial charge in [0.1, 0.15) is 0 Å². The maximum absolute atomic E-state index is 10.5. The van der Waals surface area contributed by atoms with Crippen molar-refractivity contribution in [3.63, 3.8) is 0 Å². The van der Waals surface area contributed by atoms with Crippen LogP contribution in [0.3, 0.4) is 0 Å². The molecule has 1 aromatic carbocycles. The van der Waals surface area contributed by atoms with Crippen molar-refractivity contribution in [2.45, 2.75) is 18.9 Å². The first kappa shape index (κ1) is 13.6. The van der Waals surface area contributed by atoms with E-state index in [0.29, 0.717) is 11.6 Å². The highest BCUT2D eigenvalue weighted by atomic mass is 35.5. The van der Waals surface area contributed by atoms with Crippen LogP contribution in [0.1, 0.15) is 28.0 Å². The molecule has 0 aliphatic heterocycles. The Balaban J connectivity index is 2.31. The fourth-order valence-corrected chi connectivity index (χ4v) is 3.33. The molecular weight excluding hydrogens is 266 g/mol. The molecule has 0 bridgehead atoms. The van der Waals surface area contributed by atoms with Crippen LogP contribution in [0.5, 0.6) is 0 Å². The lowest BCUT2D eigenvalue weighted by Gasteiger charge is -2.21. The van der Waals surface area contributed by atoms with Crippen LogP contribution in [-0.4, -0.2) is 11.7 Å². The highest BCUT2D eigenvalue weighted by Crippen LogP contribution is 2.39. The summed E-state index contributed by atoms with van der Waals surface area (Å²) in [5, 5.41) is 13.1. The third-order valence-electron chi connectivity index (χ3n) is 3.06. The van der Waals surface area contributed by atoms with Crippen LogP contribution in [0, 0.1) is 6.92 Å². The molecule has 2 aromatic rings. The van der Waals surface area contributed by atoms with Gasteiger partial charge < -0.3 is 10.8 Å². The Morgan fingerprint density at radius 1 is 1.33 bits per heavy atom. The van der Waals surface area contributed by atoms with E-state index in [-0.39, 0.29) is 5.92 Å². The molecule has 0 amide bonds. The molecule has 2 rings (SSSR count). The van der Waals surface area contributed by atoms with E-state index < -0.39 is 6.10 Å². The summed E-state index contributed by atoms with van der Waals surface area (Å²) in [5.41, 5.74) is 7.84. The van der Waals surface area contributed by atoms with Crippen LogP contribution in [0.25, 0.3) is 0 Å². The van der Waals surface area contributed by atoms with Gasteiger partial charge in [-0.1, -0.05) is 41.9 Å². The Kier molecular flexibility index (Phi) is 4.40. The van der Waals surface area contributed by atoms with Crippen LogP contribution in [0.4, 0.5) is 0 Å². The van der Waals surface area contributed by atoms with Gasteiger partial charge in [-0.2, -0.15) is 0 Å². The molecule has 2 unspecified atom stereocenters. The Morgan fingerprint density at radius 3 is 2.50 bits per heavy atom. The van der Waals surface area contributed by atoms with Crippen molar-refractivity contribution < 1.29 is 5.11 Å². The van der Waals surface area contributed by atoms with Crippen molar-refractivity contribution in [2.75, 3.05) is 6.54 Å². The summed E-state index contributed by atoms with van der Waals surface area (Å²) < 4.78 is 0. The number of nitrogens with two attached hydrogens (primary N) is 1. The van der Waals surface area contributed by atoms with Gasteiger partial charge in [0.05, 0.1) is 16.0 Å². The number of halogens is 1. The van der Waals surface area contributed by atoms with E-state index >= 15 is 0 Å². The maximum Gasteiger partial charge on any atom is 0.0977 e. The molecule has 0 saturated carbocycles. The van der Waals surface area contributed by atoms with Gasteiger partial charge in [0, 0.05) is 12.5 Å². The van der Waals surface area contributed by atoms with Crippen molar-refractivity contribution in [1.29, 1.82) is 0 Å². The van der Waals surface area contributed by atoms with E-state index in [4.69, 9.17) is 17.3 Å². The second kappa shape index (κ2) is 5.85. The minimum Gasteiger partial charge on any atom is -0.387 e. The summed E-state index contributed by atoms with van der Waals surface area (Å²) in [7, 11) is 0. The minimum atomic E-state index is -0.649. The third kappa shape index (κ3) is 2.59. The molecule has 0 fully saturated rings. The second-order valence-corrected chi connectivity index (χ2v) is 5.58. The van der Waals surface area contributed by atoms with Gasteiger partial charge in [0.15, 0.2) is 0 Å². The largest absolute Gasteiger partial charge is 0.387 e. The average molecular weight is 282 g/mol. The molecule has 0 aliphatic rings. The zero-order valence-corrected chi connectivity index (χ0v) is 11.7. The van der Waals surface area contributed by atoms with Crippen molar-refractivity contribution in [3.8, 4) is 0 Å². The number of aliphatic hydroxyl groups is 1. The molecule has 2 atom stereocenters. The summed E-state index contributed by atoms with van der Waals surface area (Å²) in [6.07, 6.45) is -0.649. The van der Waals surface area contributed by atoms with E-state index in [1.54, 1.807) is 0 Å².